The molecule has 0 amide bonds. The smallest absolute Gasteiger partial charge is 0.123 e. The van der Waals surface area contributed by atoms with E-state index in [0.717, 1.165) is 10.8 Å². The fourth-order valence-electron chi connectivity index (χ4n) is 3.96. The molecule has 21 heavy (non-hydrogen) atoms. The van der Waals surface area contributed by atoms with Crippen molar-refractivity contribution < 1.29 is 4.39 Å². The second-order valence-electron chi connectivity index (χ2n) is 6.16. The van der Waals surface area contributed by atoms with Crippen LogP contribution in [0.15, 0.2) is 42.5 Å². The van der Waals surface area contributed by atoms with Crippen LogP contribution >= 0.6 is 0 Å². The van der Waals surface area contributed by atoms with E-state index < -0.39 is 0 Å². The Hall–Kier alpha value is -1.89. The van der Waals surface area contributed by atoms with Crippen LogP contribution in [0.5, 0.6) is 0 Å². The van der Waals surface area contributed by atoms with E-state index in [1.54, 1.807) is 12.1 Å². The first kappa shape index (κ1) is 12.8. The molecule has 1 aliphatic carbocycles. The highest BCUT2D eigenvalue weighted by atomic mass is 19.1. The van der Waals surface area contributed by atoms with E-state index >= 15 is 0 Å². The van der Waals surface area contributed by atoms with Crippen LogP contribution < -0.4 is 0 Å². The minimum Gasteiger partial charge on any atom is -0.207 e. The van der Waals surface area contributed by atoms with Gasteiger partial charge in [0.1, 0.15) is 5.82 Å². The quantitative estimate of drug-likeness (QED) is 0.482. The van der Waals surface area contributed by atoms with Gasteiger partial charge in [0.25, 0.3) is 0 Å². The summed E-state index contributed by atoms with van der Waals surface area (Å²) in [4.78, 5) is 0. The van der Waals surface area contributed by atoms with Crippen LogP contribution in [-0.2, 0) is 6.42 Å². The van der Waals surface area contributed by atoms with Gasteiger partial charge in [-0.1, -0.05) is 37.3 Å². The molecule has 1 unspecified atom stereocenters. The van der Waals surface area contributed by atoms with Crippen LogP contribution in [0.25, 0.3) is 21.5 Å². The molecule has 1 heteroatoms. The average molecular weight is 278 g/mol. The molecule has 1 atom stereocenters. The third-order valence-corrected chi connectivity index (χ3v) is 5.04. The molecular formula is C20H19F. The second kappa shape index (κ2) is 4.84. The van der Waals surface area contributed by atoms with Crippen LogP contribution in [0.4, 0.5) is 4.39 Å². The third-order valence-electron chi connectivity index (χ3n) is 5.04. The number of halogens is 1. The van der Waals surface area contributed by atoms with E-state index in [4.69, 9.17) is 0 Å². The number of hydrogen-bond acceptors (Lipinski definition) is 0. The molecule has 0 aromatic heterocycles. The van der Waals surface area contributed by atoms with E-state index in [2.05, 4.69) is 31.2 Å². The van der Waals surface area contributed by atoms with Gasteiger partial charge in [-0.2, -0.15) is 0 Å². The van der Waals surface area contributed by atoms with Crippen molar-refractivity contribution in [1.82, 2.24) is 0 Å². The van der Waals surface area contributed by atoms with Gasteiger partial charge in [-0.25, -0.2) is 4.39 Å². The molecule has 0 radical (unpaired) electrons. The lowest BCUT2D eigenvalue weighted by molar-refractivity contribution is 0.542. The lowest BCUT2D eigenvalue weighted by Gasteiger charge is -2.26. The number of benzene rings is 3. The lowest BCUT2D eigenvalue weighted by atomic mass is 9.79. The van der Waals surface area contributed by atoms with E-state index in [1.807, 2.05) is 6.07 Å². The Morgan fingerprint density at radius 3 is 2.67 bits per heavy atom. The van der Waals surface area contributed by atoms with Crippen molar-refractivity contribution in [2.75, 3.05) is 0 Å². The maximum absolute atomic E-state index is 13.4. The Labute approximate surface area is 124 Å². The molecular weight excluding hydrogens is 259 g/mol. The Morgan fingerprint density at radius 2 is 1.81 bits per heavy atom. The Bertz CT molecular complexity index is 832. The van der Waals surface area contributed by atoms with Crippen LogP contribution in [-0.4, -0.2) is 0 Å². The van der Waals surface area contributed by atoms with E-state index in [1.165, 1.54) is 47.6 Å². The zero-order chi connectivity index (χ0) is 14.4. The highest BCUT2D eigenvalue weighted by Crippen LogP contribution is 2.39. The van der Waals surface area contributed by atoms with Crippen LogP contribution in [0.3, 0.4) is 0 Å². The molecule has 0 N–H and O–H groups in total. The van der Waals surface area contributed by atoms with Gasteiger partial charge in [0, 0.05) is 0 Å². The van der Waals surface area contributed by atoms with Gasteiger partial charge >= 0.3 is 0 Å². The lowest BCUT2D eigenvalue weighted by Crippen LogP contribution is -2.09. The van der Waals surface area contributed by atoms with Gasteiger partial charge < -0.3 is 0 Å². The first-order chi connectivity index (χ1) is 10.3. The standard InChI is InChI=1S/C20H19F/c1-2-13-4-3-5-18-16(13)10-11-19-17-9-7-15(21)12-14(17)6-8-20(18)19/h6-13H,2-5H2,1H3. The summed E-state index contributed by atoms with van der Waals surface area (Å²) in [5.74, 6) is 0.549. The van der Waals surface area contributed by atoms with Gasteiger partial charge in [0.05, 0.1) is 0 Å². The molecule has 0 heterocycles. The summed E-state index contributed by atoms with van der Waals surface area (Å²) in [6.07, 6.45) is 4.99. The summed E-state index contributed by atoms with van der Waals surface area (Å²) in [5.41, 5.74) is 3.06. The summed E-state index contributed by atoms with van der Waals surface area (Å²) >= 11 is 0. The summed E-state index contributed by atoms with van der Waals surface area (Å²) in [6.45, 7) is 2.28. The Kier molecular flexibility index (Phi) is 2.95. The summed E-state index contributed by atoms with van der Waals surface area (Å²) in [5, 5.41) is 4.79. The average Bonchev–Trinajstić information content (AvgIpc) is 2.53. The van der Waals surface area contributed by atoms with Crippen molar-refractivity contribution in [2.24, 2.45) is 0 Å². The molecule has 0 nitrogen and oxygen atoms in total. The van der Waals surface area contributed by atoms with Crippen LogP contribution in [0.2, 0.25) is 0 Å². The zero-order valence-corrected chi connectivity index (χ0v) is 12.3. The predicted molar refractivity (Wildman–Crippen MR) is 87.4 cm³/mol. The number of rotatable bonds is 1. The molecule has 0 fully saturated rings. The molecule has 1 aliphatic rings. The summed E-state index contributed by atoms with van der Waals surface area (Å²) in [7, 11) is 0. The maximum atomic E-state index is 13.4. The third kappa shape index (κ3) is 1.95. The normalized spacial score (nSPS) is 18.1. The molecule has 0 saturated heterocycles. The Balaban J connectivity index is 2.05. The second-order valence-corrected chi connectivity index (χ2v) is 6.16. The van der Waals surface area contributed by atoms with Gasteiger partial charge in [-0.15, -0.1) is 0 Å². The van der Waals surface area contributed by atoms with Crippen molar-refractivity contribution in [2.45, 2.75) is 38.5 Å². The molecule has 106 valence electrons. The largest absolute Gasteiger partial charge is 0.207 e. The van der Waals surface area contributed by atoms with Crippen molar-refractivity contribution in [3.8, 4) is 0 Å². The molecule has 0 spiro atoms. The topological polar surface area (TPSA) is 0 Å². The van der Waals surface area contributed by atoms with E-state index in [-0.39, 0.29) is 5.82 Å². The van der Waals surface area contributed by atoms with E-state index in [9.17, 15) is 4.39 Å². The van der Waals surface area contributed by atoms with Crippen molar-refractivity contribution in [3.05, 3.63) is 59.4 Å². The summed E-state index contributed by atoms with van der Waals surface area (Å²) < 4.78 is 13.4. The first-order valence-electron chi connectivity index (χ1n) is 7.91. The van der Waals surface area contributed by atoms with Crippen molar-refractivity contribution in [1.29, 1.82) is 0 Å². The first-order valence-corrected chi connectivity index (χ1v) is 7.91. The maximum Gasteiger partial charge on any atom is 0.123 e. The Morgan fingerprint density at radius 1 is 1.00 bits per heavy atom. The molecule has 3 aromatic carbocycles. The summed E-state index contributed by atoms with van der Waals surface area (Å²) in [6, 6.07) is 13.9. The molecule has 4 rings (SSSR count). The van der Waals surface area contributed by atoms with Crippen LogP contribution in [0.1, 0.15) is 43.2 Å². The fourth-order valence-corrected chi connectivity index (χ4v) is 3.96. The predicted octanol–water partition coefficient (Wildman–Crippen LogP) is 5.96. The fraction of sp³-hybridized carbons (Fsp3) is 0.300. The highest BCUT2D eigenvalue weighted by molar-refractivity contribution is 6.08. The number of hydrogen-bond donors (Lipinski definition) is 0. The number of fused-ring (bicyclic) bond motifs is 5. The minimum absolute atomic E-state index is 0.161. The molecule has 3 aromatic rings. The molecule has 0 bridgehead atoms. The minimum atomic E-state index is -0.161. The molecule has 0 saturated carbocycles. The van der Waals surface area contributed by atoms with Crippen molar-refractivity contribution in [3.63, 3.8) is 0 Å². The van der Waals surface area contributed by atoms with Gasteiger partial charge in [0.2, 0.25) is 0 Å². The van der Waals surface area contributed by atoms with Crippen LogP contribution in [0, 0.1) is 5.82 Å². The monoisotopic (exact) mass is 278 g/mol. The van der Waals surface area contributed by atoms with Gasteiger partial charge in [0.15, 0.2) is 0 Å². The van der Waals surface area contributed by atoms with Gasteiger partial charge in [-0.3, -0.25) is 0 Å². The SMILES string of the molecule is CCC1CCCc2c1ccc1c2ccc2cc(F)ccc21. The molecule has 0 aliphatic heterocycles. The van der Waals surface area contributed by atoms with Gasteiger partial charge in [-0.05, 0) is 76.4 Å². The van der Waals surface area contributed by atoms with Crippen molar-refractivity contribution >= 4 is 21.5 Å². The van der Waals surface area contributed by atoms with E-state index in [0.29, 0.717) is 5.92 Å². The number of aryl methyl sites for hydroxylation is 1. The highest BCUT2D eigenvalue weighted by Gasteiger charge is 2.20. The zero-order valence-electron chi connectivity index (χ0n) is 12.3.